The molecule has 162 valence electrons. The molecule has 0 bridgehead atoms. The third-order valence-corrected chi connectivity index (χ3v) is 5.86. The van der Waals surface area contributed by atoms with E-state index in [1.54, 1.807) is 12.1 Å². The summed E-state index contributed by atoms with van der Waals surface area (Å²) < 4.78 is 48.4. The number of halogens is 2. The first-order valence-electron chi connectivity index (χ1n) is 8.98. The van der Waals surface area contributed by atoms with Crippen LogP contribution in [0, 0.1) is 0 Å². The van der Waals surface area contributed by atoms with Gasteiger partial charge in [-0.15, -0.1) is 0 Å². The zero-order valence-corrected chi connectivity index (χ0v) is 18.1. The van der Waals surface area contributed by atoms with Gasteiger partial charge in [0, 0.05) is 17.5 Å². The maximum Gasteiger partial charge on any atom is 0.321 e. The minimum Gasteiger partial charge on any atom is -0.490 e. The molecule has 2 aromatic rings. The van der Waals surface area contributed by atoms with Gasteiger partial charge < -0.3 is 18.9 Å². The van der Waals surface area contributed by atoms with Crippen molar-refractivity contribution in [2.45, 2.75) is 11.3 Å². The summed E-state index contributed by atoms with van der Waals surface area (Å²) in [7, 11) is -3.93. The predicted molar refractivity (Wildman–Crippen MR) is 110 cm³/mol. The number of hydrogen-bond acceptors (Lipinski definition) is 7. The lowest BCUT2D eigenvalue weighted by Crippen LogP contribution is -2.31. The molecule has 11 heteroatoms. The zero-order valence-electron chi connectivity index (χ0n) is 15.7. The van der Waals surface area contributed by atoms with E-state index in [1.165, 1.54) is 24.3 Å². The van der Waals surface area contributed by atoms with Crippen LogP contribution in [0.2, 0.25) is 10.0 Å². The van der Waals surface area contributed by atoms with Gasteiger partial charge in [0.2, 0.25) is 10.0 Å². The van der Waals surface area contributed by atoms with Gasteiger partial charge in [0.05, 0.1) is 23.1 Å². The number of carbonyl (C=O) groups is 1. The fraction of sp³-hybridized carbons (Fsp3) is 0.316. The van der Waals surface area contributed by atoms with Gasteiger partial charge in [-0.3, -0.25) is 4.79 Å². The van der Waals surface area contributed by atoms with Crippen LogP contribution in [0.25, 0.3) is 0 Å². The minimum absolute atomic E-state index is 0.0414. The van der Waals surface area contributed by atoms with Crippen molar-refractivity contribution in [3.63, 3.8) is 0 Å². The molecule has 0 amide bonds. The van der Waals surface area contributed by atoms with Crippen molar-refractivity contribution in [1.82, 2.24) is 4.72 Å². The number of rotatable bonds is 8. The highest BCUT2D eigenvalue weighted by molar-refractivity contribution is 7.89. The summed E-state index contributed by atoms with van der Waals surface area (Å²) in [4.78, 5) is 11.8. The number of fused-ring (bicyclic) bond motifs is 1. The molecule has 0 radical (unpaired) electrons. The molecule has 0 atom stereocenters. The van der Waals surface area contributed by atoms with Crippen molar-refractivity contribution < 1.29 is 32.2 Å². The first kappa shape index (κ1) is 22.5. The van der Waals surface area contributed by atoms with Gasteiger partial charge in [-0.25, -0.2) is 8.42 Å². The maximum atomic E-state index is 12.4. The molecule has 0 aromatic heterocycles. The third kappa shape index (κ3) is 6.15. The van der Waals surface area contributed by atoms with Crippen LogP contribution in [0.4, 0.5) is 0 Å². The zero-order chi connectivity index (χ0) is 21.6. The number of benzene rings is 2. The molecule has 30 heavy (non-hydrogen) atoms. The average molecular weight is 476 g/mol. The summed E-state index contributed by atoms with van der Waals surface area (Å²) in [5.74, 6) is 0.466. The number of hydrogen-bond donors (Lipinski definition) is 1. The van der Waals surface area contributed by atoms with Crippen LogP contribution in [-0.4, -0.2) is 47.4 Å². The van der Waals surface area contributed by atoms with Gasteiger partial charge in [-0.05, 0) is 30.3 Å². The van der Waals surface area contributed by atoms with Crippen molar-refractivity contribution in [2.24, 2.45) is 0 Å². The highest BCUT2D eigenvalue weighted by Crippen LogP contribution is 2.31. The molecular formula is C19H19Cl2NO7S. The number of ether oxygens (including phenoxy) is 4. The second-order valence-corrected chi connectivity index (χ2v) is 8.74. The Hall–Kier alpha value is -2.20. The predicted octanol–water partition coefficient (Wildman–Crippen LogP) is 3.06. The average Bonchev–Trinajstić information content (AvgIpc) is 2.96. The van der Waals surface area contributed by atoms with Gasteiger partial charge in [-0.1, -0.05) is 23.2 Å². The molecule has 8 nitrogen and oxygen atoms in total. The Morgan fingerprint density at radius 1 is 1.03 bits per heavy atom. The largest absolute Gasteiger partial charge is 0.490 e. The van der Waals surface area contributed by atoms with Crippen molar-refractivity contribution >= 4 is 39.2 Å². The molecule has 0 spiro atoms. The van der Waals surface area contributed by atoms with Crippen LogP contribution in [0.15, 0.2) is 41.3 Å². The SMILES string of the molecule is O=C(CNS(=O)(=O)c1ccc2c(c1)OCCCO2)OCCOc1ccc(Cl)cc1Cl. The van der Waals surface area contributed by atoms with E-state index < -0.39 is 22.5 Å². The van der Waals surface area contributed by atoms with Crippen LogP contribution in [0.5, 0.6) is 17.2 Å². The van der Waals surface area contributed by atoms with E-state index in [0.29, 0.717) is 46.9 Å². The Morgan fingerprint density at radius 2 is 1.80 bits per heavy atom. The molecule has 1 aliphatic heterocycles. The van der Waals surface area contributed by atoms with Gasteiger partial charge in [0.1, 0.15) is 25.5 Å². The number of carbonyl (C=O) groups excluding carboxylic acids is 1. The Morgan fingerprint density at radius 3 is 2.57 bits per heavy atom. The minimum atomic E-state index is -3.93. The number of nitrogens with one attached hydrogen (secondary N) is 1. The Kier molecular flexibility index (Phi) is 7.65. The fourth-order valence-corrected chi connectivity index (χ4v) is 3.95. The van der Waals surface area contributed by atoms with E-state index >= 15 is 0 Å². The molecular weight excluding hydrogens is 457 g/mol. The number of sulfonamides is 1. The van der Waals surface area contributed by atoms with Crippen LogP contribution in [0.1, 0.15) is 6.42 Å². The second-order valence-electron chi connectivity index (χ2n) is 6.13. The van der Waals surface area contributed by atoms with Gasteiger partial charge in [-0.2, -0.15) is 4.72 Å². The Balaban J connectivity index is 1.46. The summed E-state index contributed by atoms with van der Waals surface area (Å²) in [5.41, 5.74) is 0. The monoisotopic (exact) mass is 475 g/mol. The van der Waals surface area contributed by atoms with Crippen LogP contribution in [0.3, 0.4) is 0 Å². The topological polar surface area (TPSA) is 100 Å². The summed E-state index contributed by atoms with van der Waals surface area (Å²) >= 11 is 11.8. The molecule has 1 aliphatic rings. The van der Waals surface area contributed by atoms with E-state index in [0.717, 1.165) is 0 Å². The highest BCUT2D eigenvalue weighted by Gasteiger charge is 2.20. The molecule has 0 unspecified atom stereocenters. The molecule has 1 heterocycles. The lowest BCUT2D eigenvalue weighted by atomic mass is 10.3. The summed E-state index contributed by atoms with van der Waals surface area (Å²) in [6, 6.07) is 8.99. The van der Waals surface area contributed by atoms with E-state index in [1.807, 2.05) is 0 Å². The molecule has 0 saturated heterocycles. The third-order valence-electron chi connectivity index (χ3n) is 3.93. The standard InChI is InChI=1S/C19H19Cl2NO7S/c20-13-2-4-16(15(21)10-13)28-8-9-29-19(23)12-22-30(24,25)14-3-5-17-18(11-14)27-7-1-6-26-17/h2-5,10-11,22H,1,6-9,12H2. The fourth-order valence-electron chi connectivity index (χ4n) is 2.50. The van der Waals surface area contributed by atoms with E-state index in [9.17, 15) is 13.2 Å². The first-order chi connectivity index (χ1) is 14.3. The molecule has 2 aromatic carbocycles. The van der Waals surface area contributed by atoms with Gasteiger partial charge >= 0.3 is 5.97 Å². The van der Waals surface area contributed by atoms with Crippen molar-refractivity contribution in [3.05, 3.63) is 46.4 Å². The summed E-state index contributed by atoms with van der Waals surface area (Å²) in [6.07, 6.45) is 0.703. The maximum absolute atomic E-state index is 12.4. The number of esters is 1. The normalized spacial score (nSPS) is 13.4. The molecule has 0 saturated carbocycles. The van der Waals surface area contributed by atoms with Crippen LogP contribution in [-0.2, 0) is 19.6 Å². The van der Waals surface area contributed by atoms with Crippen LogP contribution >= 0.6 is 23.2 Å². The lowest BCUT2D eigenvalue weighted by Gasteiger charge is -2.11. The first-order valence-corrected chi connectivity index (χ1v) is 11.2. The van der Waals surface area contributed by atoms with E-state index in [-0.39, 0.29) is 18.1 Å². The van der Waals surface area contributed by atoms with Gasteiger partial charge in [0.25, 0.3) is 0 Å². The second kappa shape index (κ2) is 10.2. The molecule has 0 aliphatic carbocycles. The quantitative estimate of drug-likeness (QED) is 0.462. The molecule has 0 fully saturated rings. The Bertz CT molecular complexity index is 1010. The Labute approximate surface area is 184 Å². The van der Waals surface area contributed by atoms with Gasteiger partial charge in [0.15, 0.2) is 11.5 Å². The van der Waals surface area contributed by atoms with Crippen molar-refractivity contribution in [2.75, 3.05) is 33.0 Å². The lowest BCUT2D eigenvalue weighted by molar-refractivity contribution is -0.142. The van der Waals surface area contributed by atoms with E-state index in [4.69, 9.17) is 42.1 Å². The smallest absolute Gasteiger partial charge is 0.321 e. The summed E-state index contributed by atoms with van der Waals surface area (Å²) in [5, 5.41) is 0.802. The molecule has 1 N–H and O–H groups in total. The van der Waals surface area contributed by atoms with Crippen LogP contribution < -0.4 is 18.9 Å². The van der Waals surface area contributed by atoms with Crippen molar-refractivity contribution in [1.29, 1.82) is 0 Å². The van der Waals surface area contributed by atoms with E-state index in [2.05, 4.69) is 4.72 Å². The summed E-state index contributed by atoms with van der Waals surface area (Å²) in [6.45, 7) is 0.362. The molecule has 3 rings (SSSR count). The van der Waals surface area contributed by atoms with Crippen molar-refractivity contribution in [3.8, 4) is 17.2 Å². The highest BCUT2D eigenvalue weighted by atomic mass is 35.5.